The van der Waals surface area contributed by atoms with E-state index in [0.29, 0.717) is 16.9 Å². The standard InChI is InChI=1S/C15H11FO4/c16-12-6-4-10(5-7-12)15(19)11-2-1-3-13(8-11)20-9-14(17)18/h1-8H,9H2,(H,17,18). The summed E-state index contributed by atoms with van der Waals surface area (Å²) in [6.45, 7) is -0.478. The van der Waals surface area contributed by atoms with E-state index in [0.717, 1.165) is 0 Å². The molecule has 20 heavy (non-hydrogen) atoms. The molecule has 0 bridgehead atoms. The van der Waals surface area contributed by atoms with Crippen LogP contribution in [0.1, 0.15) is 15.9 Å². The third kappa shape index (κ3) is 3.41. The summed E-state index contributed by atoms with van der Waals surface area (Å²) in [6.07, 6.45) is 0. The molecule has 2 aromatic rings. The molecule has 0 aliphatic carbocycles. The highest BCUT2D eigenvalue weighted by Gasteiger charge is 2.10. The van der Waals surface area contributed by atoms with E-state index in [1.54, 1.807) is 18.2 Å². The Hall–Kier alpha value is -2.69. The number of halogens is 1. The molecule has 4 nitrogen and oxygen atoms in total. The third-order valence-electron chi connectivity index (χ3n) is 2.56. The molecule has 0 heterocycles. The number of carboxylic acids is 1. The molecule has 2 aromatic carbocycles. The second kappa shape index (κ2) is 5.97. The molecule has 102 valence electrons. The fourth-order valence-corrected chi connectivity index (χ4v) is 1.64. The second-order valence-electron chi connectivity index (χ2n) is 4.05. The van der Waals surface area contributed by atoms with Gasteiger partial charge in [0.05, 0.1) is 0 Å². The van der Waals surface area contributed by atoms with Crippen LogP contribution >= 0.6 is 0 Å². The van der Waals surface area contributed by atoms with E-state index >= 15 is 0 Å². The van der Waals surface area contributed by atoms with E-state index in [1.807, 2.05) is 0 Å². The largest absolute Gasteiger partial charge is 0.482 e. The summed E-state index contributed by atoms with van der Waals surface area (Å²) in [5, 5.41) is 8.53. The summed E-state index contributed by atoms with van der Waals surface area (Å²) in [7, 11) is 0. The lowest BCUT2D eigenvalue weighted by Crippen LogP contribution is -2.10. The zero-order chi connectivity index (χ0) is 14.5. The molecule has 0 unspecified atom stereocenters. The Balaban J connectivity index is 2.19. The van der Waals surface area contributed by atoms with Crippen molar-refractivity contribution in [1.82, 2.24) is 0 Å². The molecule has 2 rings (SSSR count). The van der Waals surface area contributed by atoms with Crippen LogP contribution < -0.4 is 4.74 Å². The summed E-state index contributed by atoms with van der Waals surface area (Å²) < 4.78 is 17.8. The summed E-state index contributed by atoms with van der Waals surface area (Å²) in [5.41, 5.74) is 0.696. The van der Waals surface area contributed by atoms with Gasteiger partial charge in [0.2, 0.25) is 0 Å². The van der Waals surface area contributed by atoms with Gasteiger partial charge < -0.3 is 9.84 Å². The lowest BCUT2D eigenvalue weighted by Gasteiger charge is -2.06. The lowest BCUT2D eigenvalue weighted by molar-refractivity contribution is -0.139. The Morgan fingerprint density at radius 3 is 2.40 bits per heavy atom. The van der Waals surface area contributed by atoms with E-state index in [2.05, 4.69) is 0 Å². The van der Waals surface area contributed by atoms with Crippen molar-refractivity contribution in [2.45, 2.75) is 0 Å². The minimum atomic E-state index is -1.10. The third-order valence-corrected chi connectivity index (χ3v) is 2.56. The van der Waals surface area contributed by atoms with Gasteiger partial charge in [-0.25, -0.2) is 9.18 Å². The van der Waals surface area contributed by atoms with Gasteiger partial charge >= 0.3 is 5.97 Å². The first-order valence-electron chi connectivity index (χ1n) is 5.81. The van der Waals surface area contributed by atoms with Gasteiger partial charge in [-0.15, -0.1) is 0 Å². The molecule has 0 saturated heterocycles. The fourth-order valence-electron chi connectivity index (χ4n) is 1.64. The van der Waals surface area contributed by atoms with Gasteiger partial charge in [0.1, 0.15) is 11.6 Å². The Kier molecular flexibility index (Phi) is 4.10. The smallest absolute Gasteiger partial charge is 0.341 e. The molecule has 0 fully saturated rings. The quantitative estimate of drug-likeness (QED) is 0.851. The van der Waals surface area contributed by atoms with Gasteiger partial charge in [-0.2, -0.15) is 0 Å². The number of hydrogen-bond donors (Lipinski definition) is 1. The minimum absolute atomic E-state index is 0.286. The molecule has 0 atom stereocenters. The molecular weight excluding hydrogens is 263 g/mol. The maximum Gasteiger partial charge on any atom is 0.341 e. The average molecular weight is 274 g/mol. The Morgan fingerprint density at radius 2 is 1.75 bits per heavy atom. The van der Waals surface area contributed by atoms with Crippen molar-refractivity contribution < 1.29 is 23.8 Å². The Labute approximate surface area is 114 Å². The summed E-state index contributed by atoms with van der Waals surface area (Å²) >= 11 is 0. The topological polar surface area (TPSA) is 63.6 Å². The molecule has 0 saturated carbocycles. The number of aliphatic carboxylic acids is 1. The number of carbonyl (C=O) groups is 2. The monoisotopic (exact) mass is 274 g/mol. The number of ketones is 1. The van der Waals surface area contributed by atoms with Gasteiger partial charge in [-0.3, -0.25) is 4.79 Å². The van der Waals surface area contributed by atoms with Crippen LogP contribution in [0.15, 0.2) is 48.5 Å². The van der Waals surface area contributed by atoms with Crippen molar-refractivity contribution >= 4 is 11.8 Å². The normalized spacial score (nSPS) is 10.1. The maximum atomic E-state index is 12.8. The van der Waals surface area contributed by atoms with Crippen molar-refractivity contribution in [3.8, 4) is 5.75 Å². The van der Waals surface area contributed by atoms with E-state index in [-0.39, 0.29) is 5.78 Å². The van der Waals surface area contributed by atoms with Crippen LogP contribution in [0.25, 0.3) is 0 Å². The van der Waals surface area contributed by atoms with Crippen LogP contribution in [0, 0.1) is 5.82 Å². The first-order valence-corrected chi connectivity index (χ1v) is 5.81. The molecule has 0 aromatic heterocycles. The highest BCUT2D eigenvalue weighted by atomic mass is 19.1. The molecule has 0 aliphatic rings. The van der Waals surface area contributed by atoms with Gasteiger partial charge in [0.15, 0.2) is 12.4 Å². The average Bonchev–Trinajstić information content (AvgIpc) is 2.45. The second-order valence-corrected chi connectivity index (χ2v) is 4.05. The number of carbonyl (C=O) groups excluding carboxylic acids is 1. The van der Waals surface area contributed by atoms with Crippen molar-refractivity contribution in [3.63, 3.8) is 0 Å². The molecule has 1 N–H and O–H groups in total. The van der Waals surface area contributed by atoms with E-state index in [4.69, 9.17) is 9.84 Å². The van der Waals surface area contributed by atoms with Gasteiger partial charge in [-0.05, 0) is 36.4 Å². The molecule has 5 heteroatoms. The van der Waals surface area contributed by atoms with E-state index in [1.165, 1.54) is 30.3 Å². The lowest BCUT2D eigenvalue weighted by atomic mass is 10.0. The minimum Gasteiger partial charge on any atom is -0.482 e. The van der Waals surface area contributed by atoms with Gasteiger partial charge in [0.25, 0.3) is 0 Å². The van der Waals surface area contributed by atoms with Crippen molar-refractivity contribution in [3.05, 3.63) is 65.5 Å². The Morgan fingerprint density at radius 1 is 1.05 bits per heavy atom. The van der Waals surface area contributed by atoms with Crippen LogP contribution in [0.4, 0.5) is 4.39 Å². The van der Waals surface area contributed by atoms with Crippen molar-refractivity contribution in [2.24, 2.45) is 0 Å². The predicted molar refractivity (Wildman–Crippen MR) is 69.4 cm³/mol. The highest BCUT2D eigenvalue weighted by Crippen LogP contribution is 2.17. The Bertz CT molecular complexity index is 635. The summed E-state index contributed by atoms with van der Waals surface area (Å²) in [5.74, 6) is -1.51. The first-order chi connectivity index (χ1) is 9.56. The number of ether oxygens (including phenoxy) is 1. The zero-order valence-electron chi connectivity index (χ0n) is 10.4. The summed E-state index contributed by atoms with van der Waals surface area (Å²) in [6, 6.07) is 11.4. The van der Waals surface area contributed by atoms with Crippen LogP contribution in [-0.2, 0) is 4.79 Å². The van der Waals surface area contributed by atoms with Crippen LogP contribution in [0.3, 0.4) is 0 Å². The van der Waals surface area contributed by atoms with Crippen molar-refractivity contribution in [2.75, 3.05) is 6.61 Å². The van der Waals surface area contributed by atoms with Gasteiger partial charge in [-0.1, -0.05) is 12.1 Å². The number of carboxylic acid groups (broad SMARTS) is 1. The maximum absolute atomic E-state index is 12.8. The summed E-state index contributed by atoms with van der Waals surface area (Å²) in [4.78, 5) is 22.6. The first kappa shape index (κ1) is 13.7. The molecule has 0 aliphatic heterocycles. The van der Waals surface area contributed by atoms with E-state index in [9.17, 15) is 14.0 Å². The van der Waals surface area contributed by atoms with Gasteiger partial charge in [0, 0.05) is 11.1 Å². The molecule has 0 spiro atoms. The zero-order valence-corrected chi connectivity index (χ0v) is 10.4. The highest BCUT2D eigenvalue weighted by molar-refractivity contribution is 6.09. The van der Waals surface area contributed by atoms with Crippen molar-refractivity contribution in [1.29, 1.82) is 0 Å². The number of hydrogen-bond acceptors (Lipinski definition) is 3. The predicted octanol–water partition coefficient (Wildman–Crippen LogP) is 2.52. The van der Waals surface area contributed by atoms with Crippen LogP contribution in [0.5, 0.6) is 5.75 Å². The van der Waals surface area contributed by atoms with Crippen LogP contribution in [0.2, 0.25) is 0 Å². The SMILES string of the molecule is O=C(O)COc1cccc(C(=O)c2ccc(F)cc2)c1. The molecule has 0 amide bonds. The molecule has 0 radical (unpaired) electrons. The molecular formula is C15H11FO4. The fraction of sp³-hybridized carbons (Fsp3) is 0.0667. The van der Waals surface area contributed by atoms with E-state index < -0.39 is 18.4 Å². The number of benzene rings is 2. The number of rotatable bonds is 5. The van der Waals surface area contributed by atoms with Crippen LogP contribution in [-0.4, -0.2) is 23.5 Å².